The smallest absolute Gasteiger partial charge is 0.251 e. The summed E-state index contributed by atoms with van der Waals surface area (Å²) in [7, 11) is 0. The predicted molar refractivity (Wildman–Crippen MR) is 96.0 cm³/mol. The fourth-order valence-electron chi connectivity index (χ4n) is 2.89. The Bertz CT molecular complexity index is 700. The minimum Gasteiger partial charge on any atom is -0.396 e. The number of hydrogen-bond acceptors (Lipinski definition) is 3. The van der Waals surface area contributed by atoms with E-state index in [9.17, 15) is 4.79 Å². The molecule has 0 aromatic heterocycles. The summed E-state index contributed by atoms with van der Waals surface area (Å²) in [4.78, 5) is 12.2. The molecule has 120 valence electrons. The lowest BCUT2D eigenvalue weighted by atomic mass is 10.0. The van der Waals surface area contributed by atoms with Crippen molar-refractivity contribution in [2.75, 3.05) is 24.7 Å². The molecule has 3 nitrogen and oxygen atoms in total. The molecule has 4 heteroatoms. The van der Waals surface area contributed by atoms with Crippen LogP contribution in [0.2, 0.25) is 0 Å². The van der Waals surface area contributed by atoms with Crippen molar-refractivity contribution in [3.8, 4) is 11.1 Å². The van der Waals surface area contributed by atoms with Crippen LogP contribution in [0, 0.1) is 0 Å². The van der Waals surface area contributed by atoms with Crippen molar-refractivity contribution in [1.29, 1.82) is 0 Å². The Hall–Kier alpha value is -1.78. The largest absolute Gasteiger partial charge is 0.396 e. The summed E-state index contributed by atoms with van der Waals surface area (Å²) in [5.74, 6) is 1.80. The van der Waals surface area contributed by atoms with Gasteiger partial charge in [0.05, 0.1) is 0 Å². The molecule has 0 saturated carbocycles. The molecule has 0 heterocycles. The summed E-state index contributed by atoms with van der Waals surface area (Å²) in [6, 6.07) is 14.4. The van der Waals surface area contributed by atoms with Crippen molar-refractivity contribution in [2.45, 2.75) is 12.8 Å². The molecule has 2 aromatic carbocycles. The zero-order valence-corrected chi connectivity index (χ0v) is 13.9. The maximum absolute atomic E-state index is 12.2. The SMILES string of the molecule is O=C(NCCSCCCO)c1ccc2c(c1)Cc1ccccc1-2. The van der Waals surface area contributed by atoms with E-state index in [0.717, 1.165) is 29.9 Å². The quantitative estimate of drug-likeness (QED) is 0.656. The van der Waals surface area contributed by atoms with Crippen LogP contribution in [-0.4, -0.2) is 35.7 Å². The van der Waals surface area contributed by atoms with Gasteiger partial charge in [-0.1, -0.05) is 30.3 Å². The number of carbonyl (C=O) groups is 1. The second-order valence-electron chi connectivity index (χ2n) is 5.65. The van der Waals surface area contributed by atoms with Gasteiger partial charge in [0.2, 0.25) is 0 Å². The number of thioether (sulfide) groups is 1. The van der Waals surface area contributed by atoms with Crippen LogP contribution < -0.4 is 5.32 Å². The lowest BCUT2D eigenvalue weighted by molar-refractivity contribution is 0.0956. The van der Waals surface area contributed by atoms with E-state index < -0.39 is 0 Å². The van der Waals surface area contributed by atoms with Crippen LogP contribution in [0.15, 0.2) is 42.5 Å². The van der Waals surface area contributed by atoms with Crippen LogP contribution in [0.3, 0.4) is 0 Å². The Labute approximate surface area is 141 Å². The fraction of sp³-hybridized carbons (Fsp3) is 0.316. The highest BCUT2D eigenvalue weighted by Crippen LogP contribution is 2.36. The molecule has 0 saturated heterocycles. The Morgan fingerprint density at radius 3 is 2.78 bits per heavy atom. The van der Waals surface area contributed by atoms with Crippen molar-refractivity contribution in [3.63, 3.8) is 0 Å². The summed E-state index contributed by atoms with van der Waals surface area (Å²) in [5.41, 5.74) is 5.83. The van der Waals surface area contributed by atoms with Crippen LogP contribution in [0.5, 0.6) is 0 Å². The predicted octanol–water partition coefficient (Wildman–Crippen LogP) is 3.10. The van der Waals surface area contributed by atoms with Gasteiger partial charge in [0, 0.05) is 24.5 Å². The van der Waals surface area contributed by atoms with Crippen LogP contribution in [0.25, 0.3) is 11.1 Å². The van der Waals surface area contributed by atoms with Gasteiger partial charge >= 0.3 is 0 Å². The molecule has 3 rings (SSSR count). The van der Waals surface area contributed by atoms with Crippen molar-refractivity contribution >= 4 is 17.7 Å². The number of hydrogen-bond donors (Lipinski definition) is 2. The summed E-state index contributed by atoms with van der Waals surface area (Å²) in [5, 5.41) is 11.7. The molecule has 2 N–H and O–H groups in total. The first kappa shape index (κ1) is 16.1. The zero-order valence-electron chi connectivity index (χ0n) is 13.0. The van der Waals surface area contributed by atoms with Gasteiger partial charge in [-0.2, -0.15) is 11.8 Å². The number of fused-ring (bicyclic) bond motifs is 3. The number of aliphatic hydroxyl groups is 1. The normalized spacial score (nSPS) is 11.9. The van der Waals surface area contributed by atoms with E-state index in [2.05, 4.69) is 35.6 Å². The number of aliphatic hydroxyl groups excluding tert-OH is 1. The number of carbonyl (C=O) groups excluding carboxylic acids is 1. The molecule has 1 aliphatic rings. The van der Waals surface area contributed by atoms with E-state index in [-0.39, 0.29) is 12.5 Å². The summed E-state index contributed by atoms with van der Waals surface area (Å²) >= 11 is 1.75. The monoisotopic (exact) mass is 327 g/mol. The molecule has 23 heavy (non-hydrogen) atoms. The van der Waals surface area contributed by atoms with Crippen molar-refractivity contribution in [2.24, 2.45) is 0 Å². The van der Waals surface area contributed by atoms with Gasteiger partial charge < -0.3 is 10.4 Å². The van der Waals surface area contributed by atoms with Crippen molar-refractivity contribution in [3.05, 3.63) is 59.2 Å². The first-order chi connectivity index (χ1) is 11.3. The van der Waals surface area contributed by atoms with Gasteiger partial charge in [0.25, 0.3) is 5.91 Å². The molecule has 0 atom stereocenters. The van der Waals surface area contributed by atoms with Gasteiger partial charge in [-0.3, -0.25) is 4.79 Å². The number of rotatable bonds is 7. The maximum Gasteiger partial charge on any atom is 0.251 e. The minimum absolute atomic E-state index is 0.00786. The van der Waals surface area contributed by atoms with Gasteiger partial charge in [0.15, 0.2) is 0 Å². The van der Waals surface area contributed by atoms with Crippen LogP contribution in [0.1, 0.15) is 27.9 Å². The molecular formula is C19H21NO2S. The molecule has 0 spiro atoms. The van der Waals surface area contributed by atoms with Crippen molar-refractivity contribution in [1.82, 2.24) is 5.32 Å². The minimum atomic E-state index is -0.00786. The van der Waals surface area contributed by atoms with Crippen LogP contribution >= 0.6 is 11.8 Å². The third-order valence-electron chi connectivity index (χ3n) is 4.03. The van der Waals surface area contributed by atoms with Gasteiger partial charge in [0.1, 0.15) is 0 Å². The standard InChI is InChI=1S/C19H21NO2S/c21-9-3-10-23-11-8-20-19(22)15-6-7-18-16(13-15)12-14-4-1-2-5-17(14)18/h1-2,4-7,13,21H,3,8-12H2,(H,20,22). The molecule has 0 bridgehead atoms. The third kappa shape index (κ3) is 3.77. The summed E-state index contributed by atoms with van der Waals surface area (Å²) in [6.45, 7) is 0.892. The molecule has 0 aliphatic heterocycles. The molecular weight excluding hydrogens is 306 g/mol. The fourth-order valence-corrected chi connectivity index (χ4v) is 3.68. The average molecular weight is 327 g/mol. The first-order valence-electron chi connectivity index (χ1n) is 7.97. The molecule has 1 amide bonds. The van der Waals surface area contributed by atoms with Gasteiger partial charge in [-0.15, -0.1) is 0 Å². The Balaban J connectivity index is 1.58. The highest BCUT2D eigenvalue weighted by atomic mass is 32.2. The number of benzene rings is 2. The summed E-state index contributed by atoms with van der Waals surface area (Å²) < 4.78 is 0. The van der Waals surface area contributed by atoms with Crippen molar-refractivity contribution < 1.29 is 9.90 Å². The average Bonchev–Trinajstić information content (AvgIpc) is 2.95. The Morgan fingerprint density at radius 2 is 1.91 bits per heavy atom. The topological polar surface area (TPSA) is 49.3 Å². The first-order valence-corrected chi connectivity index (χ1v) is 9.13. The number of amides is 1. The molecule has 0 fully saturated rings. The second-order valence-corrected chi connectivity index (χ2v) is 6.88. The van der Waals surface area contributed by atoms with E-state index in [1.165, 1.54) is 22.3 Å². The van der Waals surface area contributed by atoms with Gasteiger partial charge in [-0.05, 0) is 53.0 Å². The highest BCUT2D eigenvalue weighted by Gasteiger charge is 2.19. The molecule has 2 aromatic rings. The van der Waals surface area contributed by atoms with E-state index in [1.807, 2.05) is 12.1 Å². The Kier molecular flexibility index (Phi) is 5.36. The van der Waals surface area contributed by atoms with Gasteiger partial charge in [-0.25, -0.2) is 0 Å². The second kappa shape index (κ2) is 7.66. The highest BCUT2D eigenvalue weighted by molar-refractivity contribution is 7.99. The maximum atomic E-state index is 12.2. The number of nitrogens with one attached hydrogen (secondary N) is 1. The lowest BCUT2D eigenvalue weighted by Gasteiger charge is -2.07. The lowest BCUT2D eigenvalue weighted by Crippen LogP contribution is -2.25. The van der Waals surface area contributed by atoms with E-state index in [4.69, 9.17) is 5.11 Å². The van der Waals surface area contributed by atoms with E-state index >= 15 is 0 Å². The molecule has 1 aliphatic carbocycles. The third-order valence-corrected chi connectivity index (χ3v) is 5.10. The molecule has 0 unspecified atom stereocenters. The van der Waals surface area contributed by atoms with Crippen LogP contribution in [-0.2, 0) is 6.42 Å². The summed E-state index contributed by atoms with van der Waals surface area (Å²) in [6.07, 6.45) is 1.72. The zero-order chi connectivity index (χ0) is 16.1. The Morgan fingerprint density at radius 1 is 1.09 bits per heavy atom. The van der Waals surface area contributed by atoms with E-state index in [1.54, 1.807) is 11.8 Å². The molecule has 0 radical (unpaired) electrons. The van der Waals surface area contributed by atoms with E-state index in [0.29, 0.717) is 6.54 Å². The van der Waals surface area contributed by atoms with Crippen LogP contribution in [0.4, 0.5) is 0 Å².